The topological polar surface area (TPSA) is 0 Å². The molecule has 0 aromatic rings. The molecule has 0 aliphatic heterocycles. The maximum absolute atomic E-state index is 1.60. The second kappa shape index (κ2) is 31.8. The van der Waals surface area contributed by atoms with Gasteiger partial charge in [-0.1, -0.05) is 283 Å². The first-order valence-corrected chi connectivity index (χ1v) is 30.3. The van der Waals surface area contributed by atoms with Gasteiger partial charge in [-0.2, -0.15) is 0 Å². The normalized spacial score (nSPS) is 37.8. The maximum Gasteiger partial charge on any atom is -0.0386 e. The predicted octanol–water partition coefficient (Wildman–Crippen LogP) is 21.1. The Balaban J connectivity index is 0.000000117. The summed E-state index contributed by atoms with van der Waals surface area (Å²) in [5, 5.41) is 0. The lowest BCUT2D eigenvalue weighted by molar-refractivity contribution is 0.0198. The molecule has 6 bridgehead atoms. The van der Waals surface area contributed by atoms with E-state index in [4.69, 9.17) is 0 Å². The average Bonchev–Trinajstić information content (AvgIpc) is 3.57. The van der Waals surface area contributed by atoms with Crippen LogP contribution in [0.2, 0.25) is 0 Å². The van der Waals surface area contributed by atoms with Gasteiger partial charge in [0.15, 0.2) is 0 Å². The largest absolute Gasteiger partial charge is 0.0533 e. The van der Waals surface area contributed by atoms with E-state index in [9.17, 15) is 0 Å². The fraction of sp³-hybridized carbons (Fsp3) is 1.00. The summed E-state index contributed by atoms with van der Waals surface area (Å²) >= 11 is 0. The third kappa shape index (κ3) is 21.9. The van der Waals surface area contributed by atoms with E-state index in [0.717, 1.165) is 11.8 Å². The van der Waals surface area contributed by atoms with Gasteiger partial charge in [0.05, 0.1) is 0 Å². The van der Waals surface area contributed by atoms with Crippen LogP contribution in [0.25, 0.3) is 0 Å². The third-order valence-electron chi connectivity index (χ3n) is 19.2. The minimum absolute atomic E-state index is 1.16. The van der Waals surface area contributed by atoms with Crippen molar-refractivity contribution in [3.8, 4) is 0 Å². The number of hydrogen-bond acceptors (Lipinski definition) is 0. The second-order valence-electron chi connectivity index (χ2n) is 24.7. The van der Waals surface area contributed by atoms with Crippen molar-refractivity contribution < 1.29 is 0 Å². The van der Waals surface area contributed by atoms with E-state index in [1.54, 1.807) is 122 Å². The molecule has 0 radical (unpaired) electrons. The molecule has 2 atom stereocenters. The van der Waals surface area contributed by atoms with Gasteiger partial charge in [-0.15, -0.1) is 0 Å². The van der Waals surface area contributed by atoms with Crippen molar-refractivity contribution in [2.24, 2.45) is 59.2 Å². The van der Waals surface area contributed by atoms with Crippen LogP contribution in [0.15, 0.2) is 0 Å². The molecule has 0 N–H and O–H groups in total. The molecule has 0 heteroatoms. The molecule has 15 saturated carbocycles. The molecule has 61 heavy (non-hydrogen) atoms. The molecule has 356 valence electrons. The van der Waals surface area contributed by atoms with Crippen LogP contribution >= 0.6 is 0 Å². The van der Waals surface area contributed by atoms with Gasteiger partial charge in [-0.3, -0.25) is 0 Å². The third-order valence-corrected chi connectivity index (χ3v) is 19.2. The zero-order valence-corrected chi connectivity index (χ0v) is 41.8. The molecule has 0 saturated heterocycles. The Morgan fingerprint density at radius 2 is 0.262 bits per heavy atom. The molecule has 0 amide bonds. The van der Waals surface area contributed by atoms with Crippen LogP contribution in [0, 0.1) is 59.2 Å². The Hall–Kier alpha value is 0. The Morgan fingerprint density at radius 1 is 0.115 bits per heavy atom. The van der Waals surface area contributed by atoms with E-state index in [-0.39, 0.29) is 0 Å². The lowest BCUT2D eigenvalue weighted by Gasteiger charge is -2.49. The van der Waals surface area contributed by atoms with Crippen molar-refractivity contribution in [3.05, 3.63) is 0 Å². The zero-order valence-electron chi connectivity index (χ0n) is 41.8. The van der Waals surface area contributed by atoms with Gasteiger partial charge < -0.3 is 0 Å². The summed E-state index contributed by atoms with van der Waals surface area (Å²) in [5.41, 5.74) is 0. The van der Waals surface area contributed by atoms with E-state index in [2.05, 4.69) is 0 Å². The maximum atomic E-state index is 1.60. The highest BCUT2D eigenvalue weighted by atomic mass is 14.5. The highest BCUT2D eigenvalue weighted by molar-refractivity contribution is 4.93. The molecule has 0 aromatic heterocycles. The van der Waals surface area contributed by atoms with Crippen molar-refractivity contribution >= 4 is 0 Å². The fourth-order valence-electron chi connectivity index (χ4n) is 15.1. The summed E-state index contributed by atoms with van der Waals surface area (Å²) in [7, 11) is 0. The van der Waals surface area contributed by atoms with Gasteiger partial charge in [0.25, 0.3) is 0 Å². The monoisotopic (exact) mass is 845 g/mol. The van der Waals surface area contributed by atoms with E-state index >= 15 is 0 Å². The van der Waals surface area contributed by atoms with Crippen molar-refractivity contribution in [1.29, 1.82) is 0 Å². The first kappa shape index (κ1) is 50.4. The number of rotatable bonds is 0. The van der Waals surface area contributed by atoms with Crippen LogP contribution in [-0.4, -0.2) is 0 Å². The molecule has 0 aromatic carbocycles. The SMILES string of the molecule is C1C2CC3CC1CC(C2)C3.C1CC1.C1CC2CCC1C2.C1CCC1.C1CCC2CCCC2C1.C1CCC2CCCCC2C1.C1CCCC1.C1CCCCC1.C1CCCCCC1. The van der Waals surface area contributed by atoms with Crippen LogP contribution in [0.4, 0.5) is 0 Å². The highest BCUT2D eigenvalue weighted by Gasteiger charge is 2.41. The van der Waals surface area contributed by atoms with Gasteiger partial charge in [-0.05, 0) is 104 Å². The van der Waals surface area contributed by atoms with Crippen LogP contribution < -0.4 is 0 Å². The second-order valence-corrected chi connectivity index (χ2v) is 24.7. The van der Waals surface area contributed by atoms with Crippen molar-refractivity contribution in [3.63, 3.8) is 0 Å². The fourth-order valence-corrected chi connectivity index (χ4v) is 15.1. The summed E-state index contributed by atoms with van der Waals surface area (Å²) in [6.07, 6.45) is 78.1. The molecule has 15 aliphatic rings. The summed E-state index contributed by atoms with van der Waals surface area (Å²) < 4.78 is 0. The summed E-state index contributed by atoms with van der Waals surface area (Å²) in [4.78, 5) is 0. The van der Waals surface area contributed by atoms with Crippen LogP contribution in [0.5, 0.6) is 0 Å². The summed E-state index contributed by atoms with van der Waals surface area (Å²) in [6, 6.07) is 0. The molecule has 0 spiro atoms. The molecular weight excluding hydrogens is 733 g/mol. The zero-order chi connectivity index (χ0) is 41.8. The minimum Gasteiger partial charge on any atom is -0.0533 e. The van der Waals surface area contributed by atoms with Gasteiger partial charge in [0, 0.05) is 0 Å². The Morgan fingerprint density at radius 3 is 0.410 bits per heavy atom. The standard InChI is InChI=1S/C10H16.C10H18.C9H16.C7H12.C7H14.C6H12.C5H10.C4H8.C3H6/c1-7-2-9-4-8(1)5-10(3-7)6-9;1-2-6-10-8-4-3-7-9(10)5-1;1-2-5-9-7-3-6-8(9)4-1;1-2-7-4-3-6(1)5-7;1-2-4-6-7-5-3-1;1-2-4-6-5-3-1;1-2-4-5-3-1;1-2-4-3-1;1-2-3-1/h7-10H,1-6H2;9-10H,1-8H2;8-9H,1-7H2;6-7H,1-5H2;1-7H2;1-6H2;1-5H2;1-4H2;1-3H2. The average molecular weight is 846 g/mol. The van der Waals surface area contributed by atoms with Gasteiger partial charge in [0.1, 0.15) is 0 Å². The van der Waals surface area contributed by atoms with Crippen molar-refractivity contribution in [1.82, 2.24) is 0 Å². The first-order chi connectivity index (χ1) is 30.3. The Labute approximate surface area is 385 Å². The van der Waals surface area contributed by atoms with Gasteiger partial charge in [-0.25, -0.2) is 0 Å². The van der Waals surface area contributed by atoms with Crippen molar-refractivity contribution in [2.45, 2.75) is 327 Å². The van der Waals surface area contributed by atoms with Crippen LogP contribution in [0.3, 0.4) is 0 Å². The smallest absolute Gasteiger partial charge is 0.0386 e. The molecule has 15 aliphatic carbocycles. The molecular formula is C61H112. The summed E-state index contributed by atoms with van der Waals surface area (Å²) in [6.45, 7) is 0. The van der Waals surface area contributed by atoms with E-state index in [1.165, 1.54) is 253 Å². The molecule has 15 fully saturated rings. The van der Waals surface area contributed by atoms with E-state index in [1.807, 2.05) is 0 Å². The van der Waals surface area contributed by atoms with Crippen LogP contribution in [-0.2, 0) is 0 Å². The van der Waals surface area contributed by atoms with Gasteiger partial charge >= 0.3 is 0 Å². The molecule has 2 unspecified atom stereocenters. The Kier molecular flexibility index (Phi) is 26.3. The molecule has 15 rings (SSSR count). The lowest BCUT2D eigenvalue weighted by atomic mass is 9.56. The molecule has 0 nitrogen and oxygen atoms in total. The van der Waals surface area contributed by atoms with Crippen molar-refractivity contribution in [2.75, 3.05) is 0 Å². The van der Waals surface area contributed by atoms with Gasteiger partial charge in [0.2, 0.25) is 0 Å². The minimum atomic E-state index is 1.16. The summed E-state index contributed by atoms with van der Waals surface area (Å²) in [5.74, 6) is 11.7. The van der Waals surface area contributed by atoms with E-state index in [0.29, 0.717) is 0 Å². The lowest BCUT2D eigenvalue weighted by Crippen LogP contribution is -2.38. The predicted molar refractivity (Wildman–Crippen MR) is 270 cm³/mol. The number of fused-ring (bicyclic) bond motifs is 4. The number of hydrogen-bond donors (Lipinski definition) is 0. The first-order valence-electron chi connectivity index (χ1n) is 30.3. The van der Waals surface area contributed by atoms with Crippen LogP contribution in [0.1, 0.15) is 327 Å². The highest BCUT2D eigenvalue weighted by Crippen LogP contribution is 2.53. The van der Waals surface area contributed by atoms with E-state index < -0.39 is 0 Å². The Bertz CT molecular complexity index is 853. The quantitative estimate of drug-likeness (QED) is 0.213. The molecule has 0 heterocycles.